The molecule has 0 spiro atoms. The minimum absolute atomic E-state index is 0.224. The summed E-state index contributed by atoms with van der Waals surface area (Å²) in [7, 11) is 2.85. The standard InChI is InChI=1S/C14H18ClFO3/c1-4-13(18-2)11(14(17)19-3)7-9-5-6-10(15)8-12(9)16/h5-6,8,11,13H,4,7H2,1-3H3. The van der Waals surface area contributed by atoms with Crippen LogP contribution in [0.25, 0.3) is 0 Å². The molecule has 0 radical (unpaired) electrons. The first-order valence-electron chi connectivity index (χ1n) is 6.08. The number of esters is 1. The van der Waals surface area contributed by atoms with Crippen molar-refractivity contribution in [2.24, 2.45) is 5.92 Å². The van der Waals surface area contributed by atoms with Gasteiger partial charge in [0.15, 0.2) is 0 Å². The lowest BCUT2D eigenvalue weighted by Crippen LogP contribution is -2.32. The van der Waals surface area contributed by atoms with E-state index in [2.05, 4.69) is 0 Å². The Bertz CT molecular complexity index is 433. The average Bonchev–Trinajstić information content (AvgIpc) is 2.40. The summed E-state index contributed by atoms with van der Waals surface area (Å²) in [5.74, 6) is -1.36. The minimum Gasteiger partial charge on any atom is -0.469 e. The Labute approximate surface area is 117 Å². The number of methoxy groups -OCH3 is 2. The van der Waals surface area contributed by atoms with E-state index in [0.29, 0.717) is 17.0 Å². The van der Waals surface area contributed by atoms with E-state index in [1.165, 1.54) is 20.3 Å². The first-order valence-corrected chi connectivity index (χ1v) is 6.45. The Hall–Kier alpha value is -1.13. The van der Waals surface area contributed by atoms with Gasteiger partial charge >= 0.3 is 5.97 Å². The van der Waals surface area contributed by atoms with E-state index in [-0.39, 0.29) is 12.5 Å². The van der Waals surface area contributed by atoms with Gasteiger partial charge in [-0.15, -0.1) is 0 Å². The lowest BCUT2D eigenvalue weighted by atomic mass is 9.92. The van der Waals surface area contributed by atoms with Crippen molar-refractivity contribution in [1.82, 2.24) is 0 Å². The number of ether oxygens (including phenoxy) is 2. The van der Waals surface area contributed by atoms with Gasteiger partial charge in [-0.25, -0.2) is 4.39 Å². The summed E-state index contributed by atoms with van der Waals surface area (Å²) in [5, 5.41) is 0.328. The number of halogens is 2. The van der Waals surface area contributed by atoms with Crippen LogP contribution in [-0.2, 0) is 20.7 Å². The second-order valence-electron chi connectivity index (χ2n) is 4.25. The second kappa shape index (κ2) is 7.46. The molecule has 3 nitrogen and oxygen atoms in total. The van der Waals surface area contributed by atoms with E-state index in [4.69, 9.17) is 21.1 Å². The van der Waals surface area contributed by atoms with Crippen LogP contribution in [0.2, 0.25) is 5.02 Å². The predicted octanol–water partition coefficient (Wildman–Crippen LogP) is 3.24. The number of hydrogen-bond acceptors (Lipinski definition) is 3. The Morgan fingerprint density at radius 1 is 1.42 bits per heavy atom. The van der Waals surface area contributed by atoms with Crippen molar-refractivity contribution >= 4 is 17.6 Å². The maximum atomic E-state index is 13.8. The zero-order chi connectivity index (χ0) is 14.4. The van der Waals surface area contributed by atoms with E-state index < -0.39 is 17.7 Å². The van der Waals surface area contributed by atoms with Crippen LogP contribution in [0.4, 0.5) is 4.39 Å². The fourth-order valence-electron chi connectivity index (χ4n) is 2.06. The summed E-state index contributed by atoms with van der Waals surface area (Å²) in [4.78, 5) is 11.8. The molecule has 5 heteroatoms. The van der Waals surface area contributed by atoms with Crippen LogP contribution in [0.1, 0.15) is 18.9 Å². The third-order valence-electron chi connectivity index (χ3n) is 3.11. The third kappa shape index (κ3) is 4.18. The van der Waals surface area contributed by atoms with Crippen molar-refractivity contribution in [3.8, 4) is 0 Å². The third-order valence-corrected chi connectivity index (χ3v) is 3.35. The van der Waals surface area contributed by atoms with Gasteiger partial charge in [0.05, 0.1) is 19.1 Å². The van der Waals surface area contributed by atoms with Gasteiger partial charge in [0.1, 0.15) is 5.82 Å². The van der Waals surface area contributed by atoms with E-state index in [1.807, 2.05) is 6.92 Å². The van der Waals surface area contributed by atoms with Crippen LogP contribution in [0.5, 0.6) is 0 Å². The molecule has 2 unspecified atom stereocenters. The van der Waals surface area contributed by atoms with E-state index in [0.717, 1.165) is 0 Å². The van der Waals surface area contributed by atoms with Crippen LogP contribution in [0.3, 0.4) is 0 Å². The first kappa shape index (κ1) is 15.9. The largest absolute Gasteiger partial charge is 0.469 e. The highest BCUT2D eigenvalue weighted by molar-refractivity contribution is 6.30. The van der Waals surface area contributed by atoms with Crippen molar-refractivity contribution < 1.29 is 18.7 Å². The van der Waals surface area contributed by atoms with Gasteiger partial charge in [0.25, 0.3) is 0 Å². The number of benzene rings is 1. The zero-order valence-electron chi connectivity index (χ0n) is 11.3. The Kier molecular flexibility index (Phi) is 6.25. The summed E-state index contributed by atoms with van der Waals surface area (Å²) in [5.41, 5.74) is 0.426. The van der Waals surface area contributed by atoms with E-state index in [9.17, 15) is 9.18 Å². The smallest absolute Gasteiger partial charge is 0.311 e. The van der Waals surface area contributed by atoms with Crippen LogP contribution in [0, 0.1) is 11.7 Å². The van der Waals surface area contributed by atoms with Crippen LogP contribution in [0.15, 0.2) is 18.2 Å². The molecule has 2 atom stereocenters. The molecular formula is C14H18ClFO3. The maximum absolute atomic E-state index is 13.8. The highest BCUT2D eigenvalue weighted by atomic mass is 35.5. The molecule has 0 aliphatic rings. The molecule has 106 valence electrons. The summed E-state index contributed by atoms with van der Waals surface area (Å²) in [6.45, 7) is 1.91. The molecule has 0 aliphatic carbocycles. The molecule has 0 saturated carbocycles. The monoisotopic (exact) mass is 288 g/mol. The first-order chi connectivity index (χ1) is 9.03. The maximum Gasteiger partial charge on any atom is 0.311 e. The molecular weight excluding hydrogens is 271 g/mol. The van der Waals surface area contributed by atoms with E-state index >= 15 is 0 Å². The lowest BCUT2D eigenvalue weighted by molar-refractivity contribution is -0.150. The van der Waals surface area contributed by atoms with Crippen molar-refractivity contribution in [3.63, 3.8) is 0 Å². The molecule has 19 heavy (non-hydrogen) atoms. The highest BCUT2D eigenvalue weighted by Gasteiger charge is 2.29. The fraction of sp³-hybridized carbons (Fsp3) is 0.500. The van der Waals surface area contributed by atoms with Gasteiger partial charge in [-0.2, -0.15) is 0 Å². The van der Waals surface area contributed by atoms with Crippen molar-refractivity contribution in [3.05, 3.63) is 34.6 Å². The van der Waals surface area contributed by atoms with Crippen LogP contribution in [-0.4, -0.2) is 26.3 Å². The minimum atomic E-state index is -0.532. The van der Waals surface area contributed by atoms with Gasteiger partial charge in [-0.1, -0.05) is 24.6 Å². The summed E-state index contributed by atoms with van der Waals surface area (Å²) >= 11 is 5.70. The van der Waals surface area contributed by atoms with Crippen molar-refractivity contribution in [1.29, 1.82) is 0 Å². The van der Waals surface area contributed by atoms with Crippen molar-refractivity contribution in [2.75, 3.05) is 14.2 Å². The molecule has 0 fully saturated rings. The molecule has 0 saturated heterocycles. The lowest BCUT2D eigenvalue weighted by Gasteiger charge is -2.23. The Balaban J connectivity index is 2.96. The number of carbonyl (C=O) groups is 1. The summed E-state index contributed by atoms with van der Waals surface area (Å²) < 4.78 is 23.8. The number of hydrogen-bond donors (Lipinski definition) is 0. The molecule has 0 heterocycles. The predicted molar refractivity (Wildman–Crippen MR) is 71.7 cm³/mol. The van der Waals surface area contributed by atoms with Crippen molar-refractivity contribution in [2.45, 2.75) is 25.9 Å². The van der Waals surface area contributed by atoms with Gasteiger partial charge in [-0.05, 0) is 30.5 Å². The Morgan fingerprint density at radius 2 is 2.11 bits per heavy atom. The quantitative estimate of drug-likeness (QED) is 0.754. The second-order valence-corrected chi connectivity index (χ2v) is 4.69. The van der Waals surface area contributed by atoms with Gasteiger partial charge in [0.2, 0.25) is 0 Å². The van der Waals surface area contributed by atoms with Gasteiger partial charge in [-0.3, -0.25) is 4.79 Å². The van der Waals surface area contributed by atoms with Gasteiger partial charge in [0, 0.05) is 12.1 Å². The topological polar surface area (TPSA) is 35.5 Å². The normalized spacial score (nSPS) is 13.9. The van der Waals surface area contributed by atoms with Crippen LogP contribution < -0.4 is 0 Å². The summed E-state index contributed by atoms with van der Waals surface area (Å²) in [6, 6.07) is 4.41. The van der Waals surface area contributed by atoms with Crippen LogP contribution >= 0.6 is 11.6 Å². The number of carbonyl (C=O) groups excluding carboxylic acids is 1. The SMILES string of the molecule is CCC(OC)C(Cc1ccc(Cl)cc1F)C(=O)OC. The van der Waals surface area contributed by atoms with E-state index in [1.54, 1.807) is 12.1 Å². The molecule has 1 rings (SSSR count). The summed E-state index contributed by atoms with van der Waals surface area (Å²) in [6.07, 6.45) is 0.565. The molecule has 0 N–H and O–H groups in total. The molecule has 0 bridgehead atoms. The van der Waals surface area contributed by atoms with Gasteiger partial charge < -0.3 is 9.47 Å². The Morgan fingerprint density at radius 3 is 2.58 bits per heavy atom. The average molecular weight is 289 g/mol. The zero-order valence-corrected chi connectivity index (χ0v) is 12.0. The highest BCUT2D eigenvalue weighted by Crippen LogP contribution is 2.22. The fourth-order valence-corrected chi connectivity index (χ4v) is 2.22. The molecule has 0 amide bonds. The molecule has 0 aromatic heterocycles. The molecule has 1 aromatic carbocycles. The number of rotatable bonds is 6. The molecule has 1 aromatic rings. The molecule has 0 aliphatic heterocycles.